The van der Waals surface area contributed by atoms with Crippen LogP contribution in [0.1, 0.15) is 34.1 Å². The molecule has 1 aliphatic heterocycles. The average molecular weight is 242 g/mol. The largest absolute Gasteiger partial charge is 0.467 e. The number of hydrogen-bond acceptors (Lipinski definition) is 3. The van der Waals surface area contributed by atoms with Crippen LogP contribution in [0.5, 0.6) is 0 Å². The van der Waals surface area contributed by atoms with E-state index in [0.29, 0.717) is 12.5 Å². The van der Waals surface area contributed by atoms with Crippen molar-refractivity contribution < 1.29 is 14.3 Å². The SMILES string of the molecule is COC(=O)C(C)(C)N1CC(CC(C)C)NC1=O. The van der Waals surface area contributed by atoms with Crippen LogP contribution in [0.4, 0.5) is 4.79 Å². The summed E-state index contributed by atoms with van der Waals surface area (Å²) in [5.41, 5.74) is -0.912. The van der Waals surface area contributed by atoms with Crippen LogP contribution >= 0.6 is 0 Å². The van der Waals surface area contributed by atoms with Gasteiger partial charge >= 0.3 is 12.0 Å². The molecule has 0 spiro atoms. The van der Waals surface area contributed by atoms with Gasteiger partial charge in [-0.1, -0.05) is 13.8 Å². The Morgan fingerprint density at radius 1 is 1.59 bits per heavy atom. The van der Waals surface area contributed by atoms with Crippen molar-refractivity contribution in [3.63, 3.8) is 0 Å². The molecule has 0 saturated carbocycles. The Morgan fingerprint density at radius 3 is 2.65 bits per heavy atom. The molecular formula is C12H22N2O3. The summed E-state index contributed by atoms with van der Waals surface area (Å²) in [5, 5.41) is 2.90. The number of carbonyl (C=O) groups is 2. The molecule has 1 unspecified atom stereocenters. The van der Waals surface area contributed by atoms with Gasteiger partial charge in [0.05, 0.1) is 7.11 Å². The molecule has 98 valence electrons. The Morgan fingerprint density at radius 2 is 2.18 bits per heavy atom. The zero-order valence-corrected chi connectivity index (χ0v) is 11.2. The minimum Gasteiger partial charge on any atom is -0.467 e. The lowest BCUT2D eigenvalue weighted by Gasteiger charge is -2.31. The van der Waals surface area contributed by atoms with Crippen molar-refractivity contribution >= 4 is 12.0 Å². The highest BCUT2D eigenvalue weighted by molar-refractivity contribution is 5.87. The summed E-state index contributed by atoms with van der Waals surface area (Å²) in [7, 11) is 1.34. The van der Waals surface area contributed by atoms with Gasteiger partial charge in [0.2, 0.25) is 0 Å². The summed E-state index contributed by atoms with van der Waals surface area (Å²) in [5.74, 6) is 0.124. The zero-order chi connectivity index (χ0) is 13.2. The highest BCUT2D eigenvalue weighted by Gasteiger charge is 2.43. The third kappa shape index (κ3) is 2.90. The number of nitrogens with zero attached hydrogens (tertiary/aromatic N) is 1. The first-order valence-corrected chi connectivity index (χ1v) is 5.95. The third-order valence-electron chi connectivity index (χ3n) is 3.09. The van der Waals surface area contributed by atoms with Crippen molar-refractivity contribution in [1.29, 1.82) is 0 Å². The van der Waals surface area contributed by atoms with Gasteiger partial charge in [0, 0.05) is 12.6 Å². The van der Waals surface area contributed by atoms with E-state index in [1.165, 1.54) is 7.11 Å². The molecule has 17 heavy (non-hydrogen) atoms. The second-order valence-electron chi connectivity index (χ2n) is 5.44. The molecule has 0 bridgehead atoms. The van der Waals surface area contributed by atoms with Gasteiger partial charge < -0.3 is 15.0 Å². The van der Waals surface area contributed by atoms with E-state index in [-0.39, 0.29) is 12.1 Å². The normalized spacial score (nSPS) is 20.7. The second-order valence-corrected chi connectivity index (χ2v) is 5.44. The molecule has 0 aromatic heterocycles. The Kier molecular flexibility index (Phi) is 4.01. The number of nitrogens with one attached hydrogen (secondary N) is 1. The van der Waals surface area contributed by atoms with Gasteiger partial charge in [-0.05, 0) is 26.2 Å². The average Bonchev–Trinajstić information content (AvgIpc) is 2.57. The maximum Gasteiger partial charge on any atom is 0.331 e. The van der Waals surface area contributed by atoms with Crippen molar-refractivity contribution in [3.8, 4) is 0 Å². The summed E-state index contributed by atoms with van der Waals surface area (Å²) >= 11 is 0. The van der Waals surface area contributed by atoms with Crippen LogP contribution in [0.2, 0.25) is 0 Å². The molecule has 1 saturated heterocycles. The van der Waals surface area contributed by atoms with E-state index in [2.05, 4.69) is 19.2 Å². The van der Waals surface area contributed by atoms with Crippen LogP contribution in [-0.4, -0.2) is 42.1 Å². The standard InChI is InChI=1S/C12H22N2O3/c1-8(2)6-9-7-14(11(16)13-9)12(3,4)10(15)17-5/h8-9H,6-7H2,1-5H3,(H,13,16). The number of urea groups is 1. The first-order chi connectivity index (χ1) is 7.78. The van der Waals surface area contributed by atoms with E-state index < -0.39 is 11.5 Å². The number of esters is 1. The number of rotatable bonds is 4. The Hall–Kier alpha value is -1.26. The summed E-state index contributed by atoms with van der Waals surface area (Å²) in [6, 6.07) is -0.0718. The van der Waals surface area contributed by atoms with Crippen LogP contribution in [0, 0.1) is 5.92 Å². The summed E-state index contributed by atoms with van der Waals surface area (Å²) in [6.45, 7) is 8.19. The minimum absolute atomic E-state index is 0.117. The van der Waals surface area contributed by atoms with Gasteiger partial charge in [0.15, 0.2) is 0 Å². The number of methoxy groups -OCH3 is 1. The predicted molar refractivity (Wildman–Crippen MR) is 64.6 cm³/mol. The Balaban J connectivity index is 2.73. The highest BCUT2D eigenvalue weighted by atomic mass is 16.5. The summed E-state index contributed by atoms with van der Waals surface area (Å²) < 4.78 is 4.73. The van der Waals surface area contributed by atoms with Gasteiger partial charge in [0.25, 0.3) is 0 Å². The molecule has 1 rings (SSSR count). The molecular weight excluding hydrogens is 220 g/mol. The number of amides is 2. The van der Waals surface area contributed by atoms with Gasteiger partial charge in [0.1, 0.15) is 5.54 Å². The van der Waals surface area contributed by atoms with Crippen LogP contribution in [0.3, 0.4) is 0 Å². The molecule has 0 aromatic carbocycles. The summed E-state index contributed by atoms with van der Waals surface area (Å²) in [4.78, 5) is 25.0. The molecule has 5 heteroatoms. The predicted octanol–water partition coefficient (Wildman–Crippen LogP) is 1.38. The highest BCUT2D eigenvalue weighted by Crippen LogP contribution is 2.22. The Labute approximate surface area is 102 Å². The van der Waals surface area contributed by atoms with Gasteiger partial charge in [-0.15, -0.1) is 0 Å². The molecule has 1 fully saturated rings. The lowest BCUT2D eigenvalue weighted by atomic mass is 10.0. The first kappa shape index (κ1) is 13.8. The Bertz CT molecular complexity index is 313. The van der Waals surface area contributed by atoms with Crippen molar-refractivity contribution in [2.45, 2.75) is 45.7 Å². The number of carbonyl (C=O) groups excluding carboxylic acids is 2. The van der Waals surface area contributed by atoms with Crippen LogP contribution in [-0.2, 0) is 9.53 Å². The van der Waals surface area contributed by atoms with Gasteiger partial charge in [-0.2, -0.15) is 0 Å². The molecule has 1 atom stereocenters. The van der Waals surface area contributed by atoms with E-state index in [1.807, 2.05) is 0 Å². The smallest absolute Gasteiger partial charge is 0.331 e. The quantitative estimate of drug-likeness (QED) is 0.758. The lowest BCUT2D eigenvalue weighted by Crippen LogP contribution is -2.52. The fourth-order valence-electron chi connectivity index (χ4n) is 2.15. The molecule has 0 radical (unpaired) electrons. The van der Waals surface area contributed by atoms with E-state index in [4.69, 9.17) is 4.74 Å². The van der Waals surface area contributed by atoms with E-state index in [0.717, 1.165) is 6.42 Å². The van der Waals surface area contributed by atoms with Gasteiger partial charge in [-0.25, -0.2) is 9.59 Å². The maximum atomic E-state index is 11.8. The van der Waals surface area contributed by atoms with Crippen LogP contribution in [0.15, 0.2) is 0 Å². The van der Waals surface area contributed by atoms with Crippen LogP contribution < -0.4 is 5.32 Å². The zero-order valence-electron chi connectivity index (χ0n) is 11.2. The van der Waals surface area contributed by atoms with E-state index >= 15 is 0 Å². The van der Waals surface area contributed by atoms with Crippen molar-refractivity contribution in [1.82, 2.24) is 10.2 Å². The number of ether oxygens (including phenoxy) is 1. The first-order valence-electron chi connectivity index (χ1n) is 5.95. The molecule has 1 heterocycles. The van der Waals surface area contributed by atoms with Crippen molar-refractivity contribution in [2.24, 2.45) is 5.92 Å². The van der Waals surface area contributed by atoms with Crippen LogP contribution in [0.25, 0.3) is 0 Å². The fraction of sp³-hybridized carbons (Fsp3) is 0.833. The van der Waals surface area contributed by atoms with Crippen molar-refractivity contribution in [3.05, 3.63) is 0 Å². The molecule has 1 N–H and O–H groups in total. The second kappa shape index (κ2) is 4.94. The molecule has 0 aromatic rings. The molecule has 1 aliphatic rings. The minimum atomic E-state index is -0.912. The lowest BCUT2D eigenvalue weighted by molar-refractivity contribution is -0.151. The van der Waals surface area contributed by atoms with E-state index in [1.54, 1.807) is 18.7 Å². The number of hydrogen-bond donors (Lipinski definition) is 1. The topological polar surface area (TPSA) is 58.6 Å². The molecule has 0 aliphatic carbocycles. The van der Waals surface area contributed by atoms with Gasteiger partial charge in [-0.3, -0.25) is 0 Å². The van der Waals surface area contributed by atoms with Crippen molar-refractivity contribution in [2.75, 3.05) is 13.7 Å². The third-order valence-corrected chi connectivity index (χ3v) is 3.09. The van der Waals surface area contributed by atoms with E-state index in [9.17, 15) is 9.59 Å². The fourth-order valence-corrected chi connectivity index (χ4v) is 2.15. The monoisotopic (exact) mass is 242 g/mol. The maximum absolute atomic E-state index is 11.8. The summed E-state index contributed by atoms with van der Waals surface area (Å²) in [6.07, 6.45) is 0.916. The molecule has 2 amide bonds. The molecule has 5 nitrogen and oxygen atoms in total.